The smallest absolute Gasteiger partial charge is 0.276 e. The molecule has 25 nitrogen and oxygen atoms in total. The number of rotatable bonds is 16. The number of amides is 12. The zero-order chi connectivity index (χ0) is 69.1. The summed E-state index contributed by atoms with van der Waals surface area (Å²) in [5.74, 6) is -11.2. The number of allylic oxidation sites excluding steroid dienone is 2. The molecule has 89 heavy (non-hydrogen) atoms. The van der Waals surface area contributed by atoms with E-state index in [4.69, 9.17) is 5.73 Å². The van der Waals surface area contributed by atoms with Crippen LogP contribution >= 0.6 is 11.8 Å². The van der Waals surface area contributed by atoms with Crippen molar-refractivity contribution < 1.29 is 62.6 Å². The largest absolute Gasteiger partial charge is 0.390 e. The SMILES string of the molecule is C/C=C/C[C@@H](C)[C@@H](O)C1C(=O)N[C@@H](C)C(=O)N(C)C(CSC(N)=O)C(=O)N(C)[C@@H](CC(C)C)C(=O)N[C@@H](C(C)C)C(=O)N(C)[C@@H](CC(C)C)C(=O)N[C@@H](C)C(=O)N[C@H](C)C(=O)N(C)[C@@H](CC(C)C)C(=O)N(C)[C@@H](CC(C)C)C(=O)N(C)[C@@H](C(C)C)C(=O)N1C. The van der Waals surface area contributed by atoms with Crippen LogP contribution in [0.1, 0.15) is 150 Å². The lowest BCUT2D eigenvalue weighted by atomic mass is 9.91. The Kier molecular flexibility index (Phi) is 33.1. The van der Waals surface area contributed by atoms with E-state index in [1.807, 2.05) is 55.4 Å². The van der Waals surface area contributed by atoms with Crippen molar-refractivity contribution in [2.75, 3.05) is 55.1 Å². The molecule has 508 valence electrons. The van der Waals surface area contributed by atoms with Gasteiger partial charge in [-0.3, -0.25) is 57.5 Å². The van der Waals surface area contributed by atoms with Crippen molar-refractivity contribution in [1.82, 2.24) is 55.6 Å². The van der Waals surface area contributed by atoms with Crippen LogP contribution in [0.15, 0.2) is 12.2 Å². The van der Waals surface area contributed by atoms with E-state index in [0.717, 1.165) is 14.7 Å². The Morgan fingerprint density at radius 1 is 0.449 bits per heavy atom. The number of nitrogens with two attached hydrogens (primary N) is 1. The molecule has 12 amide bonds. The first-order chi connectivity index (χ1) is 41.0. The van der Waals surface area contributed by atoms with Crippen molar-refractivity contribution in [3.8, 4) is 0 Å². The summed E-state index contributed by atoms with van der Waals surface area (Å²) in [6.45, 7) is 29.2. The molecule has 1 saturated heterocycles. The Labute approximate surface area is 534 Å². The lowest BCUT2D eigenvalue weighted by Gasteiger charge is -2.41. The predicted octanol–water partition coefficient (Wildman–Crippen LogP) is 3.06. The number of likely N-dealkylation sites (N-methyl/N-ethyl adjacent to an activating group) is 7. The molecule has 0 bridgehead atoms. The minimum atomic E-state index is -1.69. The minimum Gasteiger partial charge on any atom is -0.390 e. The minimum absolute atomic E-state index is 0.0534. The molecule has 1 fully saturated rings. The highest BCUT2D eigenvalue weighted by molar-refractivity contribution is 8.13. The zero-order valence-electron chi connectivity index (χ0n) is 57.8. The van der Waals surface area contributed by atoms with Crippen molar-refractivity contribution in [3.63, 3.8) is 0 Å². The normalized spacial score (nSPS) is 27.0. The van der Waals surface area contributed by atoms with Gasteiger partial charge in [0, 0.05) is 55.1 Å². The second-order valence-corrected chi connectivity index (χ2v) is 27.7. The van der Waals surface area contributed by atoms with Crippen molar-refractivity contribution in [2.45, 2.75) is 222 Å². The maximum atomic E-state index is 15.2. The summed E-state index contributed by atoms with van der Waals surface area (Å²) in [6, 6.07) is -14.5. The van der Waals surface area contributed by atoms with Crippen LogP contribution in [-0.4, -0.2) is 237 Å². The molecule has 2 unspecified atom stereocenters. The third-order valence-corrected chi connectivity index (χ3v) is 17.2. The van der Waals surface area contributed by atoms with Gasteiger partial charge in [-0.25, -0.2) is 0 Å². The van der Waals surface area contributed by atoms with Gasteiger partial charge in [-0.05, 0) is 101 Å². The van der Waals surface area contributed by atoms with Gasteiger partial charge in [0.1, 0.15) is 66.5 Å². The molecule has 26 heteroatoms. The molecular formula is C63H112N12O13S. The number of thioether (sulfide) groups is 1. The molecule has 0 saturated carbocycles. The van der Waals surface area contributed by atoms with E-state index in [9.17, 15) is 53.1 Å². The molecule has 0 spiro atoms. The van der Waals surface area contributed by atoms with Crippen molar-refractivity contribution >= 4 is 82.0 Å². The van der Waals surface area contributed by atoms with Crippen LogP contribution in [-0.2, 0) is 52.7 Å². The monoisotopic (exact) mass is 1280 g/mol. The first-order valence-corrected chi connectivity index (χ1v) is 32.3. The topological polar surface area (TPSA) is 322 Å². The first-order valence-electron chi connectivity index (χ1n) is 31.3. The zero-order valence-corrected chi connectivity index (χ0v) is 58.6. The van der Waals surface area contributed by atoms with Gasteiger partial charge < -0.3 is 66.4 Å². The van der Waals surface area contributed by atoms with Crippen molar-refractivity contribution in [2.24, 2.45) is 47.2 Å². The van der Waals surface area contributed by atoms with Crippen LogP contribution in [0.3, 0.4) is 0 Å². The Morgan fingerprint density at radius 2 is 0.798 bits per heavy atom. The Morgan fingerprint density at radius 3 is 1.21 bits per heavy atom. The standard InChI is InChI=1S/C63H112N12O13S/c1-25-26-27-39(14)51(76)50-55(80)67-42(17)57(82)73(22)47(32-89-63(64)88)60(85)69(18)44(29-34(4)5)54(79)68-48(37(10)11)61(86)70(19)43(28-33(2)3)53(78)65-40(15)52(77)66-41(16)56(81)71(20)45(30-35(6)7)58(83)72(21)46(31-36(8)9)59(84)74(23)49(38(12)13)62(87)75(50)24/h25-26,33-51,76H,27-32H2,1-24H3,(H2,64,88)(H,65,78)(H,66,77)(H,67,80)(H,68,79)/b26-25+/t39-,40+,41-,42+,43+,44+,45+,46+,47?,48+,49+,50?,51-/m1/s1. The highest BCUT2D eigenvalue weighted by Crippen LogP contribution is 2.26. The number of carbonyl (C=O) groups is 12. The summed E-state index contributed by atoms with van der Waals surface area (Å²) in [5.41, 5.74) is 5.57. The summed E-state index contributed by atoms with van der Waals surface area (Å²) >= 11 is 0.536. The van der Waals surface area contributed by atoms with Crippen molar-refractivity contribution in [1.29, 1.82) is 0 Å². The highest BCUT2D eigenvalue weighted by Gasteiger charge is 2.46. The third kappa shape index (κ3) is 22.8. The lowest BCUT2D eigenvalue weighted by Crippen LogP contribution is -2.64. The summed E-state index contributed by atoms with van der Waals surface area (Å²) in [4.78, 5) is 182. The molecule has 7 N–H and O–H groups in total. The van der Waals surface area contributed by atoms with Gasteiger partial charge in [0.2, 0.25) is 65.0 Å². The lowest BCUT2D eigenvalue weighted by molar-refractivity contribution is -0.157. The van der Waals surface area contributed by atoms with Gasteiger partial charge in [0.05, 0.1) is 6.10 Å². The molecule has 0 radical (unpaired) electrons. The van der Waals surface area contributed by atoms with Crippen LogP contribution in [0.4, 0.5) is 4.79 Å². The van der Waals surface area contributed by atoms with Crippen LogP contribution in [0.5, 0.6) is 0 Å². The van der Waals surface area contributed by atoms with Gasteiger partial charge >= 0.3 is 0 Å². The maximum absolute atomic E-state index is 15.2. The van der Waals surface area contributed by atoms with Gasteiger partial charge in [-0.2, -0.15) is 0 Å². The Bertz CT molecular complexity index is 2490. The fourth-order valence-corrected chi connectivity index (χ4v) is 11.7. The molecule has 1 aliphatic heterocycles. The second kappa shape index (κ2) is 36.5. The van der Waals surface area contributed by atoms with Gasteiger partial charge in [0.15, 0.2) is 0 Å². The molecular weight excluding hydrogens is 1160 g/mol. The number of carbonyl (C=O) groups excluding carboxylic acids is 12. The Hall–Kier alpha value is -6.31. The fourth-order valence-electron chi connectivity index (χ4n) is 11.0. The number of hydrogen-bond acceptors (Lipinski definition) is 14. The highest BCUT2D eigenvalue weighted by atomic mass is 32.2. The number of hydrogen-bond donors (Lipinski definition) is 6. The van der Waals surface area contributed by atoms with Gasteiger partial charge in [0.25, 0.3) is 5.24 Å². The number of nitrogens with one attached hydrogen (secondary N) is 4. The van der Waals surface area contributed by atoms with Crippen LogP contribution in [0, 0.1) is 41.4 Å². The predicted molar refractivity (Wildman–Crippen MR) is 345 cm³/mol. The van der Waals surface area contributed by atoms with E-state index >= 15 is 9.59 Å². The summed E-state index contributed by atoms with van der Waals surface area (Å²) in [7, 11) is 9.62. The van der Waals surface area contributed by atoms with Crippen LogP contribution in [0.25, 0.3) is 0 Å². The molecule has 0 aromatic carbocycles. The first kappa shape index (κ1) is 80.7. The summed E-state index contributed by atoms with van der Waals surface area (Å²) in [6.07, 6.45) is 2.67. The van der Waals surface area contributed by atoms with E-state index < -0.39 is 166 Å². The Balaban J connectivity index is 4.46. The maximum Gasteiger partial charge on any atom is 0.276 e. The molecule has 1 rings (SSSR count). The van der Waals surface area contributed by atoms with E-state index in [1.165, 1.54) is 89.7 Å². The van der Waals surface area contributed by atoms with Gasteiger partial charge in [-0.1, -0.05) is 114 Å². The van der Waals surface area contributed by atoms with E-state index in [1.54, 1.807) is 53.7 Å². The third-order valence-electron chi connectivity index (χ3n) is 16.5. The molecule has 13 atom stereocenters. The molecule has 0 aromatic rings. The molecule has 1 heterocycles. The van der Waals surface area contributed by atoms with Gasteiger partial charge in [-0.15, -0.1) is 0 Å². The number of aliphatic hydroxyl groups excluding tert-OH is 1. The van der Waals surface area contributed by atoms with Crippen LogP contribution in [0.2, 0.25) is 0 Å². The number of primary amides is 1. The molecule has 0 aliphatic carbocycles. The second-order valence-electron chi connectivity index (χ2n) is 26.7. The number of aliphatic hydroxyl groups is 1. The summed E-state index contributed by atoms with van der Waals surface area (Å²) in [5, 5.41) is 22.1. The molecule has 1 aliphatic rings. The fraction of sp³-hybridized carbons (Fsp3) is 0.778. The van der Waals surface area contributed by atoms with E-state index in [-0.39, 0.29) is 55.8 Å². The van der Waals surface area contributed by atoms with E-state index in [0.29, 0.717) is 11.8 Å². The quantitative estimate of drug-likeness (QED) is 0.121. The average molecular weight is 1280 g/mol. The molecule has 0 aromatic heterocycles. The van der Waals surface area contributed by atoms with E-state index in [2.05, 4.69) is 21.3 Å². The van der Waals surface area contributed by atoms with Crippen LogP contribution < -0.4 is 27.0 Å². The number of nitrogens with zero attached hydrogens (tertiary/aromatic N) is 7. The van der Waals surface area contributed by atoms with Crippen molar-refractivity contribution in [3.05, 3.63) is 12.2 Å². The summed E-state index contributed by atoms with van der Waals surface area (Å²) < 4.78 is 0. The average Bonchev–Trinajstić information content (AvgIpc) is 0.939.